The number of nitrogens with zero attached hydrogens (tertiary/aromatic N) is 1. The molecule has 0 bridgehead atoms. The molecule has 1 fully saturated rings. The summed E-state index contributed by atoms with van der Waals surface area (Å²) in [5, 5.41) is 0. The van der Waals surface area contributed by atoms with Gasteiger partial charge in [0.2, 0.25) is 0 Å². The molecule has 2 aromatic rings. The van der Waals surface area contributed by atoms with Crippen LogP contribution in [0.5, 0.6) is 0 Å². The van der Waals surface area contributed by atoms with E-state index >= 15 is 0 Å². The van der Waals surface area contributed by atoms with E-state index in [2.05, 4.69) is 40.2 Å². The van der Waals surface area contributed by atoms with Gasteiger partial charge in [0.1, 0.15) is 5.60 Å². The molecule has 0 saturated heterocycles. The lowest BCUT2D eigenvalue weighted by atomic mass is 9.66. The van der Waals surface area contributed by atoms with E-state index in [1.165, 1.54) is 24.8 Å². The summed E-state index contributed by atoms with van der Waals surface area (Å²) in [5.74, 6) is 0. The Morgan fingerprint density at radius 2 is 1.67 bits per heavy atom. The first kappa shape index (κ1) is 25.8. The van der Waals surface area contributed by atoms with Crippen molar-refractivity contribution >= 4 is 22.0 Å². The third-order valence-corrected chi connectivity index (χ3v) is 7.04. The average molecular weight is 517 g/mol. The van der Waals surface area contributed by atoms with E-state index in [1.807, 2.05) is 51.1 Å². The summed E-state index contributed by atoms with van der Waals surface area (Å²) in [6.07, 6.45) is 6.56. The van der Waals surface area contributed by atoms with Crippen molar-refractivity contribution in [2.24, 2.45) is 0 Å². The molecular formula is C28H38BrNO3. The van der Waals surface area contributed by atoms with Crippen LogP contribution in [-0.2, 0) is 21.4 Å². The maximum Gasteiger partial charge on any atom is 0.410 e. The molecular weight excluding hydrogens is 478 g/mol. The zero-order chi connectivity index (χ0) is 23.9. The fourth-order valence-electron chi connectivity index (χ4n) is 4.88. The summed E-state index contributed by atoms with van der Waals surface area (Å²) >= 11 is 3.57. The van der Waals surface area contributed by atoms with Gasteiger partial charge in [0, 0.05) is 18.1 Å². The Balaban J connectivity index is 1.82. The maximum atomic E-state index is 13.1. The number of carbonyl (C=O) groups is 1. The van der Waals surface area contributed by atoms with Gasteiger partial charge in [0.05, 0.1) is 12.6 Å². The minimum absolute atomic E-state index is 0.0754. The molecule has 1 amide bonds. The van der Waals surface area contributed by atoms with Crippen LogP contribution in [0.4, 0.5) is 4.79 Å². The van der Waals surface area contributed by atoms with Crippen molar-refractivity contribution in [3.8, 4) is 0 Å². The summed E-state index contributed by atoms with van der Waals surface area (Å²) in [6.45, 7) is 6.72. The molecule has 0 aliphatic heterocycles. The first-order chi connectivity index (χ1) is 15.7. The van der Waals surface area contributed by atoms with Crippen molar-refractivity contribution in [3.63, 3.8) is 0 Å². The van der Waals surface area contributed by atoms with Crippen molar-refractivity contribution in [2.45, 2.75) is 83.0 Å². The van der Waals surface area contributed by atoms with Crippen LogP contribution in [-0.4, -0.2) is 36.4 Å². The highest BCUT2D eigenvalue weighted by Gasteiger charge is 2.37. The summed E-state index contributed by atoms with van der Waals surface area (Å²) in [4.78, 5) is 14.9. The Bertz CT molecular complexity index is 870. The topological polar surface area (TPSA) is 38.8 Å². The molecule has 1 aliphatic rings. The highest BCUT2D eigenvalue weighted by atomic mass is 79.9. The molecule has 2 aromatic carbocycles. The number of hydrogen-bond donors (Lipinski definition) is 0. The van der Waals surface area contributed by atoms with E-state index in [1.54, 1.807) is 12.0 Å². The maximum absolute atomic E-state index is 13.1. The van der Waals surface area contributed by atoms with Crippen molar-refractivity contribution < 1.29 is 14.3 Å². The molecule has 0 aromatic heterocycles. The van der Waals surface area contributed by atoms with Gasteiger partial charge >= 0.3 is 6.09 Å². The van der Waals surface area contributed by atoms with Gasteiger partial charge in [-0.3, -0.25) is 0 Å². The van der Waals surface area contributed by atoms with Gasteiger partial charge in [-0.15, -0.1) is 0 Å². The van der Waals surface area contributed by atoms with Crippen LogP contribution in [0, 0.1) is 0 Å². The Labute approximate surface area is 207 Å². The third-order valence-electron chi connectivity index (χ3n) is 6.51. The number of halogens is 1. The SMILES string of the molecule is COC(CN(Cc1ccccc1)C(=O)OC(C)(C)C)CC1(c2ccc(Br)cc2)CCCCC1. The first-order valence-corrected chi connectivity index (χ1v) is 12.8. The molecule has 33 heavy (non-hydrogen) atoms. The van der Waals surface area contributed by atoms with Crippen LogP contribution in [0.25, 0.3) is 0 Å². The molecule has 180 valence electrons. The number of amides is 1. The minimum atomic E-state index is -0.545. The van der Waals surface area contributed by atoms with Crippen molar-refractivity contribution in [2.75, 3.05) is 13.7 Å². The molecule has 1 aliphatic carbocycles. The quantitative estimate of drug-likeness (QED) is 0.365. The molecule has 1 unspecified atom stereocenters. The molecule has 1 atom stereocenters. The van der Waals surface area contributed by atoms with Gasteiger partial charge in [0.15, 0.2) is 0 Å². The van der Waals surface area contributed by atoms with Crippen LogP contribution >= 0.6 is 15.9 Å². The fourth-order valence-corrected chi connectivity index (χ4v) is 5.14. The van der Waals surface area contributed by atoms with Gasteiger partial charge in [0.25, 0.3) is 0 Å². The zero-order valence-electron chi connectivity index (χ0n) is 20.5. The normalized spacial score (nSPS) is 16.8. The van der Waals surface area contributed by atoms with E-state index in [-0.39, 0.29) is 17.6 Å². The summed E-state index contributed by atoms with van der Waals surface area (Å²) in [7, 11) is 1.76. The Morgan fingerprint density at radius 1 is 1.03 bits per heavy atom. The molecule has 0 spiro atoms. The van der Waals surface area contributed by atoms with Crippen LogP contribution in [0.1, 0.15) is 70.4 Å². The van der Waals surface area contributed by atoms with E-state index in [0.29, 0.717) is 13.1 Å². The summed E-state index contributed by atoms with van der Waals surface area (Å²) < 4.78 is 12.9. The number of rotatable bonds is 8. The molecule has 1 saturated carbocycles. The van der Waals surface area contributed by atoms with Crippen LogP contribution in [0.2, 0.25) is 0 Å². The third kappa shape index (κ3) is 7.58. The van der Waals surface area contributed by atoms with E-state index in [0.717, 1.165) is 29.3 Å². The van der Waals surface area contributed by atoms with Crippen molar-refractivity contribution in [1.29, 1.82) is 0 Å². The van der Waals surface area contributed by atoms with Gasteiger partial charge in [-0.1, -0.05) is 77.7 Å². The standard InChI is InChI=1S/C28H38BrNO3/c1-27(2,3)33-26(31)30(20-22-11-7-5-8-12-22)21-25(32-4)19-28(17-9-6-10-18-28)23-13-15-24(29)16-14-23/h5,7-8,11-16,25H,6,9-10,17-21H2,1-4H3. The summed E-state index contributed by atoms with van der Waals surface area (Å²) in [6, 6.07) is 18.8. The second-order valence-corrected chi connectivity index (χ2v) is 11.2. The minimum Gasteiger partial charge on any atom is -0.444 e. The molecule has 0 radical (unpaired) electrons. The van der Waals surface area contributed by atoms with E-state index < -0.39 is 5.60 Å². The number of ether oxygens (including phenoxy) is 2. The first-order valence-electron chi connectivity index (χ1n) is 12.0. The lowest BCUT2D eigenvalue weighted by molar-refractivity contribution is -0.00221. The van der Waals surface area contributed by atoms with E-state index in [4.69, 9.17) is 9.47 Å². The van der Waals surface area contributed by atoms with Crippen LogP contribution in [0.15, 0.2) is 59.1 Å². The molecule has 0 heterocycles. The highest BCUT2D eigenvalue weighted by molar-refractivity contribution is 9.10. The Morgan fingerprint density at radius 3 is 2.24 bits per heavy atom. The highest BCUT2D eigenvalue weighted by Crippen LogP contribution is 2.44. The lowest BCUT2D eigenvalue weighted by Crippen LogP contribution is -2.44. The van der Waals surface area contributed by atoms with Gasteiger partial charge < -0.3 is 14.4 Å². The van der Waals surface area contributed by atoms with Crippen molar-refractivity contribution in [1.82, 2.24) is 4.90 Å². The van der Waals surface area contributed by atoms with Gasteiger partial charge in [-0.25, -0.2) is 4.79 Å². The molecule has 0 N–H and O–H groups in total. The monoisotopic (exact) mass is 515 g/mol. The van der Waals surface area contributed by atoms with Gasteiger partial charge in [-0.2, -0.15) is 0 Å². The fraction of sp³-hybridized carbons (Fsp3) is 0.536. The predicted octanol–water partition coefficient (Wildman–Crippen LogP) is 7.49. The number of methoxy groups -OCH3 is 1. The number of benzene rings is 2. The molecule has 4 nitrogen and oxygen atoms in total. The largest absolute Gasteiger partial charge is 0.444 e. The van der Waals surface area contributed by atoms with Crippen molar-refractivity contribution in [3.05, 3.63) is 70.2 Å². The smallest absolute Gasteiger partial charge is 0.410 e. The summed E-state index contributed by atoms with van der Waals surface area (Å²) in [5.41, 5.74) is 1.99. The van der Waals surface area contributed by atoms with Crippen LogP contribution in [0.3, 0.4) is 0 Å². The van der Waals surface area contributed by atoms with E-state index in [9.17, 15) is 4.79 Å². The second kappa shape index (κ2) is 11.5. The Hall–Kier alpha value is -1.85. The zero-order valence-corrected chi connectivity index (χ0v) is 22.1. The van der Waals surface area contributed by atoms with Gasteiger partial charge in [-0.05, 0) is 68.7 Å². The number of hydrogen-bond acceptors (Lipinski definition) is 3. The Kier molecular flexibility index (Phi) is 9.00. The average Bonchev–Trinajstić information content (AvgIpc) is 2.78. The molecule has 5 heteroatoms. The molecule has 3 rings (SSSR count). The van der Waals surface area contributed by atoms with Crippen LogP contribution < -0.4 is 0 Å². The lowest BCUT2D eigenvalue weighted by Gasteiger charge is -2.41. The predicted molar refractivity (Wildman–Crippen MR) is 137 cm³/mol. The second-order valence-electron chi connectivity index (χ2n) is 10.3. The number of carbonyl (C=O) groups excluding carboxylic acids is 1.